The lowest BCUT2D eigenvalue weighted by Crippen LogP contribution is -2.31. The summed E-state index contributed by atoms with van der Waals surface area (Å²) < 4.78 is 66.4. The first kappa shape index (κ1) is 15.9. The number of aromatic nitrogens is 2. The Labute approximate surface area is 94.3 Å². The van der Waals surface area contributed by atoms with Crippen molar-refractivity contribution < 1.29 is 36.2 Å². The molecule has 0 aliphatic carbocycles. The quantitative estimate of drug-likeness (QED) is 0.727. The average molecular weight is 278 g/mol. The minimum absolute atomic E-state index is 0.535. The summed E-state index contributed by atoms with van der Waals surface area (Å²) in [7, 11) is 0. The van der Waals surface area contributed by atoms with Gasteiger partial charge < -0.3 is 5.11 Å². The number of carboxylic acid groups (broad SMARTS) is 1. The smallest absolute Gasteiger partial charge is 0.475 e. The minimum Gasteiger partial charge on any atom is -0.475 e. The van der Waals surface area contributed by atoms with Crippen molar-refractivity contribution >= 4 is 5.97 Å². The molecule has 0 amide bonds. The molecule has 1 heterocycles. The molecule has 0 unspecified atom stereocenters. The maximum absolute atomic E-state index is 11.7. The van der Waals surface area contributed by atoms with Gasteiger partial charge >= 0.3 is 18.4 Å². The van der Waals surface area contributed by atoms with E-state index >= 15 is 0 Å². The molecule has 0 aliphatic rings. The SMILES string of the molecule is O=C(O)C(F)(F)F.O=c1cccnn1C(F)(F)F. The van der Waals surface area contributed by atoms with Crippen LogP contribution in [0.4, 0.5) is 26.3 Å². The molecule has 18 heavy (non-hydrogen) atoms. The van der Waals surface area contributed by atoms with Crippen LogP contribution in [0, 0.1) is 0 Å². The number of alkyl halides is 6. The highest BCUT2D eigenvalue weighted by Gasteiger charge is 2.38. The van der Waals surface area contributed by atoms with Crippen molar-refractivity contribution in [2.75, 3.05) is 0 Å². The number of carboxylic acids is 1. The first-order chi connectivity index (χ1) is 7.96. The van der Waals surface area contributed by atoms with E-state index in [2.05, 4.69) is 5.10 Å². The fourth-order valence-electron chi connectivity index (χ4n) is 0.548. The average Bonchev–Trinajstić information content (AvgIpc) is 2.15. The lowest BCUT2D eigenvalue weighted by Gasteiger charge is -2.05. The number of hydrogen-bond acceptors (Lipinski definition) is 3. The second-order valence-corrected chi connectivity index (χ2v) is 2.54. The fourth-order valence-corrected chi connectivity index (χ4v) is 0.548. The van der Waals surface area contributed by atoms with Crippen molar-refractivity contribution in [3.8, 4) is 0 Å². The molecule has 0 radical (unpaired) electrons. The molecule has 0 bridgehead atoms. The summed E-state index contributed by atoms with van der Waals surface area (Å²) >= 11 is 0. The third-order valence-corrected chi connectivity index (χ3v) is 1.20. The number of rotatable bonds is 0. The van der Waals surface area contributed by atoms with Crippen LogP contribution < -0.4 is 5.56 Å². The predicted octanol–water partition coefficient (Wildman–Crippen LogP) is 1.35. The molecular formula is C7H4F6N2O3. The molecule has 0 aliphatic heterocycles. The van der Waals surface area contributed by atoms with Crippen LogP contribution in [-0.2, 0) is 11.1 Å². The van der Waals surface area contributed by atoms with Gasteiger partial charge in [0.15, 0.2) is 0 Å². The lowest BCUT2D eigenvalue weighted by molar-refractivity contribution is -0.215. The molecule has 1 N–H and O–H groups in total. The Bertz CT molecular complexity index is 463. The van der Waals surface area contributed by atoms with Crippen molar-refractivity contribution in [2.24, 2.45) is 0 Å². The maximum atomic E-state index is 11.7. The van der Waals surface area contributed by atoms with E-state index in [4.69, 9.17) is 9.90 Å². The third kappa shape index (κ3) is 5.32. The monoisotopic (exact) mass is 278 g/mol. The van der Waals surface area contributed by atoms with Crippen LogP contribution in [0.5, 0.6) is 0 Å². The molecule has 11 heteroatoms. The van der Waals surface area contributed by atoms with Crippen LogP contribution >= 0.6 is 0 Å². The maximum Gasteiger partial charge on any atom is 0.507 e. The van der Waals surface area contributed by atoms with Gasteiger partial charge in [-0.15, -0.1) is 17.9 Å². The molecule has 1 rings (SSSR count). The highest BCUT2D eigenvalue weighted by molar-refractivity contribution is 5.73. The van der Waals surface area contributed by atoms with Crippen LogP contribution in [0.3, 0.4) is 0 Å². The number of halogens is 6. The molecule has 1 aromatic heterocycles. The Morgan fingerprint density at radius 2 is 1.67 bits per heavy atom. The van der Waals surface area contributed by atoms with Gasteiger partial charge in [-0.05, 0) is 6.07 Å². The Hall–Kier alpha value is -2.07. The van der Waals surface area contributed by atoms with Gasteiger partial charge in [-0.3, -0.25) is 4.79 Å². The molecule has 0 atom stereocenters. The van der Waals surface area contributed by atoms with Crippen LogP contribution in [0.1, 0.15) is 0 Å². The van der Waals surface area contributed by atoms with Gasteiger partial charge in [-0.2, -0.15) is 18.3 Å². The van der Waals surface area contributed by atoms with Gasteiger partial charge in [0.1, 0.15) is 0 Å². The zero-order chi connectivity index (χ0) is 14.6. The summed E-state index contributed by atoms with van der Waals surface area (Å²) in [6, 6.07) is 1.94. The van der Waals surface area contributed by atoms with Gasteiger partial charge in [0.05, 0.1) is 0 Å². The van der Waals surface area contributed by atoms with Crippen molar-refractivity contribution in [3.05, 3.63) is 28.7 Å². The standard InChI is InChI=1S/C5H3F3N2O.C2HF3O2/c6-5(7,8)10-4(11)2-1-3-9-10;3-2(4,5)1(6)7/h1-3H;(H,6,7). The molecule has 0 fully saturated rings. The molecule has 0 spiro atoms. The summed E-state index contributed by atoms with van der Waals surface area (Å²) in [5, 5.41) is 9.95. The summed E-state index contributed by atoms with van der Waals surface area (Å²) in [5.41, 5.74) is -1.18. The van der Waals surface area contributed by atoms with E-state index in [9.17, 15) is 31.1 Å². The van der Waals surface area contributed by atoms with Crippen molar-refractivity contribution in [3.63, 3.8) is 0 Å². The zero-order valence-corrected chi connectivity index (χ0v) is 8.16. The summed E-state index contributed by atoms with van der Waals surface area (Å²) in [4.78, 5) is 19.3. The first-order valence-corrected chi connectivity index (χ1v) is 3.88. The Morgan fingerprint density at radius 1 is 1.22 bits per heavy atom. The fraction of sp³-hybridized carbons (Fsp3) is 0.286. The largest absolute Gasteiger partial charge is 0.507 e. The molecule has 1 aromatic rings. The number of hydrogen-bond donors (Lipinski definition) is 1. The van der Waals surface area contributed by atoms with Gasteiger partial charge in [-0.1, -0.05) is 0 Å². The predicted molar refractivity (Wildman–Crippen MR) is 43.5 cm³/mol. The second kappa shape index (κ2) is 5.51. The molecule has 0 saturated carbocycles. The van der Waals surface area contributed by atoms with E-state index in [-0.39, 0.29) is 0 Å². The molecule has 5 nitrogen and oxygen atoms in total. The Balaban J connectivity index is 0.000000360. The summed E-state index contributed by atoms with van der Waals surface area (Å²) in [6.07, 6.45) is -8.91. The molecule has 0 saturated heterocycles. The van der Waals surface area contributed by atoms with Gasteiger partial charge in [0, 0.05) is 12.3 Å². The normalized spacial score (nSPS) is 11.4. The Kier molecular flexibility index (Phi) is 4.88. The van der Waals surface area contributed by atoms with Crippen LogP contribution in [-0.4, -0.2) is 27.0 Å². The Morgan fingerprint density at radius 3 is 1.89 bits per heavy atom. The van der Waals surface area contributed by atoms with Gasteiger partial charge in [-0.25, -0.2) is 4.79 Å². The second-order valence-electron chi connectivity index (χ2n) is 2.54. The summed E-state index contributed by atoms with van der Waals surface area (Å²) in [5.74, 6) is -2.76. The van der Waals surface area contributed by atoms with E-state index < -0.39 is 28.7 Å². The lowest BCUT2D eigenvalue weighted by atomic mass is 10.6. The van der Waals surface area contributed by atoms with Crippen molar-refractivity contribution in [1.82, 2.24) is 9.78 Å². The summed E-state index contributed by atoms with van der Waals surface area (Å²) in [6.45, 7) is 0. The number of nitrogens with zero attached hydrogens (tertiary/aromatic N) is 2. The first-order valence-electron chi connectivity index (χ1n) is 3.88. The van der Waals surface area contributed by atoms with E-state index in [1.807, 2.05) is 0 Å². The van der Waals surface area contributed by atoms with E-state index in [1.54, 1.807) is 0 Å². The highest BCUT2D eigenvalue weighted by atomic mass is 19.4. The topological polar surface area (TPSA) is 72.2 Å². The minimum atomic E-state index is -5.08. The highest BCUT2D eigenvalue weighted by Crippen LogP contribution is 2.17. The van der Waals surface area contributed by atoms with Gasteiger partial charge in [0.2, 0.25) is 0 Å². The van der Waals surface area contributed by atoms with E-state index in [0.717, 1.165) is 18.3 Å². The van der Waals surface area contributed by atoms with Crippen molar-refractivity contribution in [1.29, 1.82) is 0 Å². The molecular weight excluding hydrogens is 274 g/mol. The van der Waals surface area contributed by atoms with Crippen LogP contribution in [0.2, 0.25) is 0 Å². The third-order valence-electron chi connectivity index (χ3n) is 1.20. The number of carbonyl (C=O) groups is 1. The number of aliphatic carboxylic acids is 1. The van der Waals surface area contributed by atoms with E-state index in [0.29, 0.717) is 0 Å². The molecule has 0 aromatic carbocycles. The van der Waals surface area contributed by atoms with Crippen LogP contribution in [0.25, 0.3) is 0 Å². The van der Waals surface area contributed by atoms with Crippen molar-refractivity contribution in [2.45, 2.75) is 12.5 Å². The van der Waals surface area contributed by atoms with Gasteiger partial charge in [0.25, 0.3) is 5.56 Å². The zero-order valence-electron chi connectivity index (χ0n) is 8.16. The molecule has 102 valence electrons. The van der Waals surface area contributed by atoms with Crippen LogP contribution in [0.15, 0.2) is 23.1 Å². The van der Waals surface area contributed by atoms with E-state index in [1.165, 1.54) is 0 Å².